The van der Waals surface area contributed by atoms with E-state index >= 15 is 0 Å². The van der Waals surface area contributed by atoms with Crippen molar-refractivity contribution in [3.05, 3.63) is 0 Å². The molecule has 2 rings (SSSR count). The van der Waals surface area contributed by atoms with E-state index in [9.17, 15) is 4.79 Å². The zero-order valence-corrected chi connectivity index (χ0v) is 14.6. The number of carbonyl (C=O) groups is 1. The van der Waals surface area contributed by atoms with Gasteiger partial charge in [0.15, 0.2) is 5.78 Å². The van der Waals surface area contributed by atoms with E-state index in [1.165, 1.54) is 0 Å². The summed E-state index contributed by atoms with van der Waals surface area (Å²) < 4.78 is 12.0. The van der Waals surface area contributed by atoms with Gasteiger partial charge in [-0.05, 0) is 38.5 Å². The van der Waals surface area contributed by atoms with Crippen molar-refractivity contribution in [3.63, 3.8) is 0 Å². The van der Waals surface area contributed by atoms with Crippen LogP contribution in [0.4, 0.5) is 0 Å². The molecule has 0 N–H and O–H groups in total. The van der Waals surface area contributed by atoms with Crippen molar-refractivity contribution in [1.82, 2.24) is 0 Å². The van der Waals surface area contributed by atoms with Gasteiger partial charge in [-0.25, -0.2) is 0 Å². The maximum absolute atomic E-state index is 13.1. The van der Waals surface area contributed by atoms with Gasteiger partial charge in [-0.1, -0.05) is 13.1 Å². The van der Waals surface area contributed by atoms with Crippen molar-refractivity contribution in [3.8, 4) is 0 Å². The molecule has 0 aromatic rings. The Bertz CT molecular complexity index is 267. The van der Waals surface area contributed by atoms with E-state index in [1.807, 2.05) is 0 Å². The average molecular weight is 287 g/mol. The van der Waals surface area contributed by atoms with Gasteiger partial charge in [0.1, 0.15) is 10.4 Å². The third-order valence-corrected chi connectivity index (χ3v) is 8.72. The predicted octanol–water partition coefficient (Wildman–Crippen LogP) is 0.783. The minimum absolute atomic E-state index is 0.345. The summed E-state index contributed by atoms with van der Waals surface area (Å²) in [6, 6.07) is 0. The Morgan fingerprint density at radius 2 is 1.33 bits per heavy atom. The van der Waals surface area contributed by atoms with E-state index in [1.54, 1.807) is 0 Å². The van der Waals surface area contributed by atoms with Crippen LogP contribution in [0.25, 0.3) is 0 Å². The van der Waals surface area contributed by atoms with Crippen molar-refractivity contribution in [2.75, 3.05) is 13.2 Å². The van der Waals surface area contributed by atoms with Crippen molar-refractivity contribution >= 4 is 24.8 Å². The summed E-state index contributed by atoms with van der Waals surface area (Å²) in [5.41, 5.74) is 0. The molecule has 2 atom stereocenters. The van der Waals surface area contributed by atoms with Gasteiger partial charge in [0.05, 0.1) is 19.0 Å². The number of ether oxygens (including phenoxy) is 2. The largest absolute Gasteiger partial charge is 0.371 e. The quantitative estimate of drug-likeness (QED) is 0.717. The maximum atomic E-state index is 13.1. The summed E-state index contributed by atoms with van der Waals surface area (Å²) in [5, 5.41) is -0.781. The average Bonchev–Trinajstić information content (AvgIpc) is 2.48. The highest BCUT2D eigenvalue weighted by atomic mass is 28.2. The number of hydrogen-bond acceptors (Lipinski definition) is 3. The van der Waals surface area contributed by atoms with Crippen LogP contribution in [0.5, 0.6) is 0 Å². The molecule has 104 valence electrons. The first-order chi connectivity index (χ1) is 8.69. The van der Waals surface area contributed by atoms with Crippen LogP contribution >= 0.6 is 0 Å². The molecule has 18 heavy (non-hydrogen) atoms. The molecule has 2 aliphatic rings. The molecule has 2 fully saturated rings. The molecule has 2 heterocycles. The van der Waals surface area contributed by atoms with Crippen LogP contribution in [-0.2, 0) is 14.3 Å². The van der Waals surface area contributed by atoms with Crippen LogP contribution in [0.15, 0.2) is 0 Å². The lowest BCUT2D eigenvalue weighted by Gasteiger charge is -2.44. The second-order valence-corrected chi connectivity index (χ2v) is 9.33. The van der Waals surface area contributed by atoms with E-state index in [4.69, 9.17) is 9.47 Å². The maximum Gasteiger partial charge on any atom is 0.187 e. The lowest BCUT2D eigenvalue weighted by atomic mass is 9.95. The normalized spacial score (nSPS) is 38.8. The highest BCUT2D eigenvalue weighted by molar-refractivity contribution is 6.53. The zero-order chi connectivity index (χ0) is 13.1. The fourth-order valence-electron chi connectivity index (χ4n) is 3.36. The van der Waals surface area contributed by atoms with E-state index in [2.05, 4.69) is 13.1 Å². The molecule has 0 bridgehead atoms. The van der Waals surface area contributed by atoms with Gasteiger partial charge in [0.25, 0.3) is 0 Å². The fourth-order valence-corrected chi connectivity index (χ4v) is 6.80. The number of rotatable bonds is 4. The third kappa shape index (κ3) is 2.50. The molecule has 0 aromatic carbocycles. The summed E-state index contributed by atoms with van der Waals surface area (Å²) in [6.45, 7) is 5.98. The summed E-state index contributed by atoms with van der Waals surface area (Å²) in [4.78, 5) is 13.1. The molecule has 0 saturated carbocycles. The zero-order valence-electron chi connectivity index (χ0n) is 11.8. The van der Waals surface area contributed by atoms with Crippen molar-refractivity contribution in [1.29, 1.82) is 0 Å². The third-order valence-electron chi connectivity index (χ3n) is 4.68. The molecule has 2 unspecified atom stereocenters. The first-order valence-electron chi connectivity index (χ1n) is 7.52. The smallest absolute Gasteiger partial charge is 0.187 e. The van der Waals surface area contributed by atoms with E-state index in [0.717, 1.165) is 51.7 Å². The van der Waals surface area contributed by atoms with Gasteiger partial charge in [-0.15, -0.1) is 0 Å². The molecule has 5 heteroatoms. The van der Waals surface area contributed by atoms with Crippen LogP contribution in [0.1, 0.15) is 38.5 Å². The van der Waals surface area contributed by atoms with Crippen LogP contribution in [0, 0.1) is 0 Å². The Balaban J connectivity index is 2.20. The lowest BCUT2D eigenvalue weighted by molar-refractivity contribution is -0.159. The molecular formula is C13H26O3Si2. The molecule has 0 aromatic heterocycles. The van der Waals surface area contributed by atoms with Crippen molar-refractivity contribution < 1.29 is 14.3 Å². The Kier molecular flexibility index (Phi) is 4.80. The van der Waals surface area contributed by atoms with E-state index < -0.39 is 29.5 Å². The number of ketones is 1. The summed E-state index contributed by atoms with van der Waals surface area (Å²) in [7, 11) is -1.01. The van der Waals surface area contributed by atoms with Crippen molar-refractivity contribution in [2.45, 2.75) is 62.1 Å². The number of hydrogen-bond donors (Lipinski definition) is 0. The van der Waals surface area contributed by atoms with Gasteiger partial charge in [0, 0.05) is 13.2 Å². The number of Topliss-reactive ketones (excluding diaryl/α,β-unsaturated/α-hetero) is 1. The van der Waals surface area contributed by atoms with Crippen molar-refractivity contribution in [2.24, 2.45) is 0 Å². The van der Waals surface area contributed by atoms with Crippen LogP contribution in [-0.4, -0.2) is 48.5 Å². The molecule has 0 amide bonds. The van der Waals surface area contributed by atoms with Crippen LogP contribution < -0.4 is 0 Å². The van der Waals surface area contributed by atoms with Gasteiger partial charge in [-0.3, -0.25) is 4.79 Å². The van der Waals surface area contributed by atoms with Crippen LogP contribution in [0.3, 0.4) is 0 Å². The molecular weight excluding hydrogens is 260 g/mol. The fraction of sp³-hybridized carbons (Fsp3) is 0.923. The Morgan fingerprint density at radius 1 is 0.889 bits per heavy atom. The van der Waals surface area contributed by atoms with Gasteiger partial charge >= 0.3 is 0 Å². The lowest BCUT2D eigenvalue weighted by Crippen LogP contribution is -2.62. The Hall–Kier alpha value is 0.0238. The van der Waals surface area contributed by atoms with Crippen LogP contribution in [0.2, 0.25) is 13.1 Å². The standard InChI is InChI=1S/C13H26O3Si2/c1-17-12(7-3-5-9-15-12)11(14)13(18-2)8-4-6-10-16-13/h3-10,17-18H2,1-2H3. The topological polar surface area (TPSA) is 35.5 Å². The summed E-state index contributed by atoms with van der Waals surface area (Å²) >= 11 is 0. The van der Waals surface area contributed by atoms with Gasteiger partial charge < -0.3 is 9.47 Å². The SMILES string of the molecule is C[SiH2]C1(C(=O)C2([SiH2]C)CCCCO2)CCCCO1. The molecule has 2 aliphatic heterocycles. The molecule has 0 spiro atoms. The minimum Gasteiger partial charge on any atom is -0.371 e. The van der Waals surface area contributed by atoms with E-state index in [0.29, 0.717) is 5.78 Å². The Morgan fingerprint density at radius 3 is 1.61 bits per heavy atom. The highest BCUT2D eigenvalue weighted by Gasteiger charge is 2.51. The number of carbonyl (C=O) groups excluding carboxylic acids is 1. The first-order valence-corrected chi connectivity index (χ1v) is 11.8. The monoisotopic (exact) mass is 286 g/mol. The van der Waals surface area contributed by atoms with Gasteiger partial charge in [-0.2, -0.15) is 0 Å². The molecule has 0 radical (unpaired) electrons. The van der Waals surface area contributed by atoms with E-state index in [-0.39, 0.29) is 0 Å². The summed E-state index contributed by atoms with van der Waals surface area (Å²) in [5.74, 6) is 0.345. The molecule has 2 saturated heterocycles. The Labute approximate surface area is 115 Å². The highest BCUT2D eigenvalue weighted by Crippen LogP contribution is 2.34. The minimum atomic E-state index is -0.507. The first kappa shape index (κ1) is 14.4. The molecule has 3 nitrogen and oxygen atoms in total. The summed E-state index contributed by atoms with van der Waals surface area (Å²) in [6.07, 6.45) is 6.42. The predicted molar refractivity (Wildman–Crippen MR) is 78.9 cm³/mol. The second kappa shape index (κ2) is 5.99. The second-order valence-electron chi connectivity index (χ2n) is 5.64. The molecule has 0 aliphatic carbocycles. The van der Waals surface area contributed by atoms with Gasteiger partial charge in [0.2, 0.25) is 0 Å².